The largest absolute Gasteiger partial charge is 0.481 e. The Kier molecular flexibility index (Phi) is 2.46. The van der Waals surface area contributed by atoms with Crippen molar-refractivity contribution in [3.05, 3.63) is 0 Å². The zero-order valence-electron chi connectivity index (χ0n) is 8.31. The minimum atomic E-state index is -0.823. The summed E-state index contributed by atoms with van der Waals surface area (Å²) in [4.78, 5) is 34.8. The number of carboxylic acid groups (broad SMARTS) is 1. The lowest BCUT2D eigenvalue weighted by atomic mass is 10.1. The zero-order chi connectivity index (χ0) is 11.0. The molecular weight excluding hydrogens is 198 g/mol. The minimum absolute atomic E-state index is 0.143. The molecule has 2 rings (SSSR count). The van der Waals surface area contributed by atoms with Gasteiger partial charge in [-0.1, -0.05) is 0 Å². The van der Waals surface area contributed by atoms with E-state index in [9.17, 15) is 14.4 Å². The molecule has 0 aromatic heterocycles. The smallest absolute Gasteiger partial charge is 0.306 e. The Morgan fingerprint density at radius 3 is 2.27 bits per heavy atom. The van der Waals surface area contributed by atoms with E-state index in [1.54, 1.807) is 0 Å². The predicted molar refractivity (Wildman–Crippen MR) is 49.9 cm³/mol. The van der Waals surface area contributed by atoms with Crippen molar-refractivity contribution >= 4 is 17.8 Å². The van der Waals surface area contributed by atoms with Gasteiger partial charge in [-0.25, -0.2) is 0 Å². The number of carbonyl (C=O) groups is 3. The van der Waals surface area contributed by atoms with Gasteiger partial charge < -0.3 is 5.11 Å². The molecule has 1 saturated heterocycles. The Morgan fingerprint density at radius 2 is 1.80 bits per heavy atom. The molecule has 15 heavy (non-hydrogen) atoms. The summed E-state index contributed by atoms with van der Waals surface area (Å²) in [5, 5.41) is 8.82. The topological polar surface area (TPSA) is 74.7 Å². The lowest BCUT2D eigenvalue weighted by Crippen LogP contribution is -2.38. The molecular formula is C10H13NO4. The Hall–Kier alpha value is -1.39. The Morgan fingerprint density at radius 1 is 1.20 bits per heavy atom. The highest BCUT2D eigenvalue weighted by Gasteiger charge is 2.40. The Bertz CT molecular complexity index is 309. The van der Waals surface area contributed by atoms with Crippen LogP contribution in [0.25, 0.3) is 0 Å². The fourth-order valence-electron chi connectivity index (χ4n) is 2.42. The second-order valence-corrected chi connectivity index (χ2v) is 4.16. The van der Waals surface area contributed by atoms with Crippen molar-refractivity contribution in [3.8, 4) is 0 Å². The summed E-state index contributed by atoms with van der Waals surface area (Å²) in [6.45, 7) is 0. The first-order valence-corrected chi connectivity index (χ1v) is 5.17. The van der Waals surface area contributed by atoms with Crippen LogP contribution in [0.1, 0.15) is 32.1 Å². The van der Waals surface area contributed by atoms with Crippen molar-refractivity contribution in [2.45, 2.75) is 38.1 Å². The molecule has 1 saturated carbocycles. The highest BCUT2D eigenvalue weighted by atomic mass is 16.4. The molecule has 82 valence electrons. The van der Waals surface area contributed by atoms with E-state index < -0.39 is 11.9 Å². The van der Waals surface area contributed by atoms with Crippen LogP contribution in [-0.4, -0.2) is 33.8 Å². The number of rotatable bonds is 2. The monoisotopic (exact) mass is 211 g/mol. The van der Waals surface area contributed by atoms with Crippen molar-refractivity contribution in [1.29, 1.82) is 0 Å². The molecule has 0 spiro atoms. The van der Waals surface area contributed by atoms with Crippen molar-refractivity contribution in [2.75, 3.05) is 0 Å². The van der Waals surface area contributed by atoms with Crippen molar-refractivity contribution in [3.63, 3.8) is 0 Å². The number of carboxylic acids is 1. The molecule has 2 atom stereocenters. The van der Waals surface area contributed by atoms with Crippen LogP contribution in [0.3, 0.4) is 0 Å². The molecule has 1 aliphatic carbocycles. The van der Waals surface area contributed by atoms with Gasteiger partial charge in [0.25, 0.3) is 0 Å². The molecule has 2 unspecified atom stereocenters. The van der Waals surface area contributed by atoms with Gasteiger partial charge in [0.15, 0.2) is 0 Å². The van der Waals surface area contributed by atoms with E-state index in [4.69, 9.17) is 5.11 Å². The van der Waals surface area contributed by atoms with Crippen molar-refractivity contribution < 1.29 is 19.5 Å². The molecule has 1 N–H and O–H groups in total. The number of imide groups is 1. The third-order valence-electron chi connectivity index (χ3n) is 3.21. The lowest BCUT2D eigenvalue weighted by Gasteiger charge is -2.21. The maximum Gasteiger partial charge on any atom is 0.306 e. The van der Waals surface area contributed by atoms with E-state index in [1.807, 2.05) is 0 Å². The number of hydrogen-bond acceptors (Lipinski definition) is 3. The Labute approximate surface area is 87.1 Å². The van der Waals surface area contributed by atoms with Gasteiger partial charge in [-0.05, 0) is 19.3 Å². The summed E-state index contributed by atoms with van der Waals surface area (Å²) < 4.78 is 0. The average Bonchev–Trinajstić information content (AvgIpc) is 2.73. The van der Waals surface area contributed by atoms with Gasteiger partial charge in [-0.15, -0.1) is 0 Å². The van der Waals surface area contributed by atoms with Gasteiger partial charge >= 0.3 is 5.97 Å². The van der Waals surface area contributed by atoms with E-state index in [0.29, 0.717) is 19.3 Å². The first-order valence-electron chi connectivity index (χ1n) is 5.17. The van der Waals surface area contributed by atoms with Crippen LogP contribution < -0.4 is 0 Å². The molecule has 1 aliphatic heterocycles. The van der Waals surface area contributed by atoms with Gasteiger partial charge in [0.05, 0.1) is 5.92 Å². The van der Waals surface area contributed by atoms with Crippen LogP contribution in [0.2, 0.25) is 0 Å². The summed E-state index contributed by atoms with van der Waals surface area (Å²) in [6.07, 6.45) is 2.19. The van der Waals surface area contributed by atoms with E-state index in [-0.39, 0.29) is 30.7 Å². The van der Waals surface area contributed by atoms with Crippen LogP contribution in [-0.2, 0) is 14.4 Å². The predicted octanol–water partition coefficient (Wildman–Crippen LogP) is 0.389. The second kappa shape index (κ2) is 3.64. The van der Waals surface area contributed by atoms with E-state index >= 15 is 0 Å². The van der Waals surface area contributed by atoms with Crippen LogP contribution in [0, 0.1) is 5.92 Å². The number of likely N-dealkylation sites (tertiary alicyclic amines) is 1. The number of aliphatic carboxylic acids is 1. The number of amides is 2. The van der Waals surface area contributed by atoms with Crippen molar-refractivity contribution in [1.82, 2.24) is 4.90 Å². The fourth-order valence-corrected chi connectivity index (χ4v) is 2.42. The third kappa shape index (κ3) is 1.73. The SMILES string of the molecule is O=C(O)C1CCC(N2C(=O)CCC2=O)C1. The summed E-state index contributed by atoms with van der Waals surface area (Å²) in [5.74, 6) is -1.50. The molecule has 2 amide bonds. The fraction of sp³-hybridized carbons (Fsp3) is 0.700. The van der Waals surface area contributed by atoms with E-state index in [1.165, 1.54) is 4.90 Å². The summed E-state index contributed by atoms with van der Waals surface area (Å²) in [6, 6.07) is -0.173. The molecule has 0 bridgehead atoms. The van der Waals surface area contributed by atoms with E-state index in [0.717, 1.165) is 0 Å². The maximum atomic E-state index is 11.4. The maximum absolute atomic E-state index is 11.4. The molecule has 0 aromatic carbocycles. The highest BCUT2D eigenvalue weighted by molar-refractivity contribution is 6.02. The van der Waals surface area contributed by atoms with Gasteiger partial charge in [0.2, 0.25) is 11.8 Å². The molecule has 1 heterocycles. The molecule has 2 aliphatic rings. The summed E-state index contributed by atoms with van der Waals surface area (Å²) in [5.41, 5.74) is 0. The number of hydrogen-bond donors (Lipinski definition) is 1. The minimum Gasteiger partial charge on any atom is -0.481 e. The quantitative estimate of drug-likeness (QED) is 0.670. The van der Waals surface area contributed by atoms with Crippen molar-refractivity contribution in [2.24, 2.45) is 5.92 Å². The molecule has 5 heteroatoms. The van der Waals surface area contributed by atoms with Gasteiger partial charge in [-0.2, -0.15) is 0 Å². The van der Waals surface area contributed by atoms with Crippen LogP contribution in [0.4, 0.5) is 0 Å². The van der Waals surface area contributed by atoms with Gasteiger partial charge in [-0.3, -0.25) is 19.3 Å². The van der Waals surface area contributed by atoms with Gasteiger partial charge in [0.1, 0.15) is 0 Å². The standard InChI is InChI=1S/C10H13NO4/c12-8-3-4-9(13)11(8)7-2-1-6(5-7)10(14)15/h6-7H,1-5H2,(H,14,15). The number of nitrogens with zero attached hydrogens (tertiary/aromatic N) is 1. The molecule has 5 nitrogen and oxygen atoms in total. The average molecular weight is 211 g/mol. The summed E-state index contributed by atoms with van der Waals surface area (Å²) >= 11 is 0. The van der Waals surface area contributed by atoms with Gasteiger partial charge in [0, 0.05) is 18.9 Å². The number of carbonyl (C=O) groups excluding carboxylic acids is 2. The first-order chi connectivity index (χ1) is 7.09. The molecule has 0 aromatic rings. The Balaban J connectivity index is 2.04. The lowest BCUT2D eigenvalue weighted by molar-refractivity contribution is -0.144. The second-order valence-electron chi connectivity index (χ2n) is 4.16. The third-order valence-corrected chi connectivity index (χ3v) is 3.21. The highest BCUT2D eigenvalue weighted by Crippen LogP contribution is 2.32. The first kappa shape index (κ1) is 10.1. The molecule has 2 fully saturated rings. The van der Waals surface area contributed by atoms with Crippen LogP contribution >= 0.6 is 0 Å². The van der Waals surface area contributed by atoms with E-state index in [2.05, 4.69) is 0 Å². The zero-order valence-corrected chi connectivity index (χ0v) is 8.31. The van der Waals surface area contributed by atoms with Crippen LogP contribution in [0.5, 0.6) is 0 Å². The summed E-state index contributed by atoms with van der Waals surface area (Å²) in [7, 11) is 0. The van der Waals surface area contributed by atoms with Crippen LogP contribution in [0.15, 0.2) is 0 Å². The molecule has 0 radical (unpaired) electrons. The normalized spacial score (nSPS) is 31.3.